The summed E-state index contributed by atoms with van der Waals surface area (Å²) >= 11 is 0. The molecule has 4 rings (SSSR count). The number of para-hydroxylation sites is 1. The van der Waals surface area contributed by atoms with Gasteiger partial charge in [0, 0.05) is 23.7 Å². The van der Waals surface area contributed by atoms with Crippen LogP contribution < -0.4 is 10.7 Å². The summed E-state index contributed by atoms with van der Waals surface area (Å²) < 4.78 is 2.10. The van der Waals surface area contributed by atoms with Crippen molar-refractivity contribution in [3.8, 4) is 0 Å². The van der Waals surface area contributed by atoms with E-state index in [1.807, 2.05) is 12.1 Å². The maximum atomic E-state index is 12.8. The smallest absolute Gasteiger partial charge is 0.256 e. The molecule has 1 aliphatic heterocycles. The highest BCUT2D eigenvalue weighted by molar-refractivity contribution is 5.98. The lowest BCUT2D eigenvalue weighted by atomic mass is 9.95. The Morgan fingerprint density at radius 3 is 2.78 bits per heavy atom. The van der Waals surface area contributed by atoms with Crippen LogP contribution >= 0.6 is 0 Å². The van der Waals surface area contributed by atoms with Gasteiger partial charge in [-0.05, 0) is 37.8 Å². The van der Waals surface area contributed by atoms with Crippen LogP contribution in [0.5, 0.6) is 0 Å². The van der Waals surface area contributed by atoms with Crippen molar-refractivity contribution in [2.24, 2.45) is 0 Å². The Bertz CT molecular complexity index is 831. The molecule has 120 valence electrons. The summed E-state index contributed by atoms with van der Waals surface area (Å²) in [6.45, 7) is 2.13. The zero-order valence-corrected chi connectivity index (χ0v) is 13.5. The van der Waals surface area contributed by atoms with E-state index in [0.717, 1.165) is 37.6 Å². The maximum absolute atomic E-state index is 12.8. The zero-order valence-electron chi connectivity index (χ0n) is 13.5. The molecular formula is C19H22N2O2. The van der Waals surface area contributed by atoms with Crippen LogP contribution in [0.3, 0.4) is 0 Å². The summed E-state index contributed by atoms with van der Waals surface area (Å²) in [5.41, 5.74) is 2.35. The average Bonchev–Trinajstić information content (AvgIpc) is 2.88. The molecule has 0 saturated heterocycles. The molecule has 0 bridgehead atoms. The van der Waals surface area contributed by atoms with Gasteiger partial charge < -0.3 is 9.88 Å². The van der Waals surface area contributed by atoms with Crippen LogP contribution in [-0.4, -0.2) is 16.5 Å². The van der Waals surface area contributed by atoms with E-state index < -0.39 is 0 Å². The molecule has 0 unspecified atom stereocenters. The fraction of sp³-hybridized carbons (Fsp3) is 0.474. The largest absolute Gasteiger partial charge is 0.349 e. The molecule has 2 aromatic rings. The van der Waals surface area contributed by atoms with E-state index in [1.54, 1.807) is 6.20 Å². The van der Waals surface area contributed by atoms with E-state index in [9.17, 15) is 9.59 Å². The van der Waals surface area contributed by atoms with Gasteiger partial charge >= 0.3 is 0 Å². The molecule has 0 radical (unpaired) electrons. The van der Waals surface area contributed by atoms with Crippen molar-refractivity contribution >= 4 is 16.8 Å². The van der Waals surface area contributed by atoms with Crippen molar-refractivity contribution in [2.45, 2.75) is 57.5 Å². The number of aromatic nitrogens is 1. The van der Waals surface area contributed by atoms with E-state index in [-0.39, 0.29) is 29.0 Å². The van der Waals surface area contributed by atoms with Gasteiger partial charge in [0.05, 0.1) is 5.52 Å². The third-order valence-corrected chi connectivity index (χ3v) is 5.31. The van der Waals surface area contributed by atoms with Crippen LogP contribution in [0.2, 0.25) is 0 Å². The van der Waals surface area contributed by atoms with Crippen molar-refractivity contribution in [2.75, 3.05) is 0 Å². The van der Waals surface area contributed by atoms with Crippen LogP contribution in [0, 0.1) is 0 Å². The molecule has 1 atom stereocenters. The number of nitrogens with zero attached hydrogens (tertiary/aromatic N) is 1. The van der Waals surface area contributed by atoms with Gasteiger partial charge in [-0.1, -0.05) is 31.4 Å². The van der Waals surface area contributed by atoms with E-state index in [1.165, 1.54) is 12.0 Å². The predicted octanol–water partition coefficient (Wildman–Crippen LogP) is 3.18. The quantitative estimate of drug-likeness (QED) is 0.926. The minimum Gasteiger partial charge on any atom is -0.349 e. The second kappa shape index (κ2) is 5.52. The summed E-state index contributed by atoms with van der Waals surface area (Å²) in [5, 5.41) is 3.74. The Labute approximate surface area is 135 Å². The number of rotatable bonds is 2. The lowest BCUT2D eigenvalue weighted by molar-refractivity contribution is 0.0926. The first-order chi connectivity index (χ1) is 11.1. The van der Waals surface area contributed by atoms with Crippen molar-refractivity contribution in [1.29, 1.82) is 0 Å². The standard InChI is InChI=1S/C19H22N2O2/c1-12-10-13-6-5-9-15-17(13)21(12)11-16(18(15)22)19(23)20-14-7-3-2-4-8-14/h5-6,9,11-12,14H,2-4,7-8,10H2,1H3,(H,20,23)/t12-/m1/s1. The number of benzene rings is 1. The molecule has 2 aliphatic rings. The Kier molecular flexibility index (Phi) is 3.47. The van der Waals surface area contributed by atoms with Crippen molar-refractivity contribution < 1.29 is 4.79 Å². The lowest BCUT2D eigenvalue weighted by Crippen LogP contribution is -2.38. The molecule has 1 aromatic heterocycles. The molecule has 1 fully saturated rings. The number of hydrogen-bond acceptors (Lipinski definition) is 2. The molecule has 2 heterocycles. The van der Waals surface area contributed by atoms with Crippen LogP contribution in [0.4, 0.5) is 0 Å². The SMILES string of the molecule is C[C@@H]1Cc2cccc3c(=O)c(C(=O)NC4CCCCC4)cn1c23. The summed E-state index contributed by atoms with van der Waals surface area (Å²) in [6, 6.07) is 6.34. The Balaban J connectivity index is 1.75. The van der Waals surface area contributed by atoms with Gasteiger partial charge in [0.1, 0.15) is 5.56 Å². The topological polar surface area (TPSA) is 51.1 Å². The molecule has 1 saturated carbocycles. The second-order valence-electron chi connectivity index (χ2n) is 6.95. The van der Waals surface area contributed by atoms with E-state index in [2.05, 4.69) is 22.9 Å². The number of carbonyl (C=O) groups is 1. The van der Waals surface area contributed by atoms with Gasteiger partial charge in [-0.25, -0.2) is 0 Å². The van der Waals surface area contributed by atoms with Crippen molar-refractivity contribution in [3.63, 3.8) is 0 Å². The predicted molar refractivity (Wildman–Crippen MR) is 91.0 cm³/mol. The summed E-state index contributed by atoms with van der Waals surface area (Å²) in [4.78, 5) is 25.4. The van der Waals surface area contributed by atoms with Gasteiger partial charge in [0.25, 0.3) is 5.91 Å². The van der Waals surface area contributed by atoms with Gasteiger partial charge in [0.2, 0.25) is 5.43 Å². The number of amides is 1. The van der Waals surface area contributed by atoms with Gasteiger partial charge in [-0.2, -0.15) is 0 Å². The summed E-state index contributed by atoms with van der Waals surface area (Å²) in [5.74, 6) is -0.211. The molecular weight excluding hydrogens is 288 g/mol. The fourth-order valence-corrected chi connectivity index (χ4v) is 4.09. The lowest BCUT2D eigenvalue weighted by Gasteiger charge is -2.23. The van der Waals surface area contributed by atoms with Gasteiger partial charge in [-0.3, -0.25) is 9.59 Å². The second-order valence-corrected chi connectivity index (χ2v) is 6.95. The Hall–Kier alpha value is -2.10. The van der Waals surface area contributed by atoms with Crippen LogP contribution in [-0.2, 0) is 6.42 Å². The average molecular weight is 310 g/mol. The monoisotopic (exact) mass is 310 g/mol. The van der Waals surface area contributed by atoms with Crippen LogP contribution in [0.25, 0.3) is 10.9 Å². The van der Waals surface area contributed by atoms with Crippen LogP contribution in [0.15, 0.2) is 29.2 Å². The number of carbonyl (C=O) groups excluding carboxylic acids is 1. The Morgan fingerprint density at radius 2 is 2.00 bits per heavy atom. The molecule has 1 N–H and O–H groups in total. The molecule has 4 heteroatoms. The number of pyridine rings is 1. The van der Waals surface area contributed by atoms with E-state index in [0.29, 0.717) is 5.39 Å². The first kappa shape index (κ1) is 14.5. The Morgan fingerprint density at radius 1 is 1.22 bits per heavy atom. The van der Waals surface area contributed by atoms with Gasteiger partial charge in [0.15, 0.2) is 0 Å². The highest BCUT2D eigenvalue weighted by Gasteiger charge is 2.25. The normalized spacial score (nSPS) is 20.8. The van der Waals surface area contributed by atoms with Gasteiger partial charge in [-0.15, -0.1) is 0 Å². The fourth-order valence-electron chi connectivity index (χ4n) is 4.09. The zero-order chi connectivity index (χ0) is 16.0. The van der Waals surface area contributed by atoms with Crippen molar-refractivity contribution in [1.82, 2.24) is 9.88 Å². The minimum atomic E-state index is -0.211. The van der Waals surface area contributed by atoms with E-state index in [4.69, 9.17) is 0 Å². The third kappa shape index (κ3) is 2.37. The van der Waals surface area contributed by atoms with E-state index >= 15 is 0 Å². The minimum absolute atomic E-state index is 0.138. The molecule has 0 spiro atoms. The molecule has 1 aliphatic carbocycles. The maximum Gasteiger partial charge on any atom is 0.256 e. The first-order valence-corrected chi connectivity index (χ1v) is 8.63. The number of hydrogen-bond donors (Lipinski definition) is 1. The summed E-state index contributed by atoms with van der Waals surface area (Å²) in [6.07, 6.45) is 8.30. The molecule has 1 amide bonds. The van der Waals surface area contributed by atoms with Crippen molar-refractivity contribution in [3.05, 3.63) is 45.7 Å². The molecule has 23 heavy (non-hydrogen) atoms. The molecule has 1 aromatic carbocycles. The number of nitrogens with one attached hydrogen (secondary N) is 1. The highest BCUT2D eigenvalue weighted by Crippen LogP contribution is 2.30. The third-order valence-electron chi connectivity index (χ3n) is 5.31. The summed E-state index contributed by atoms with van der Waals surface area (Å²) in [7, 11) is 0. The first-order valence-electron chi connectivity index (χ1n) is 8.63. The highest BCUT2D eigenvalue weighted by atomic mass is 16.2. The van der Waals surface area contributed by atoms with Crippen LogP contribution in [0.1, 0.15) is 61.0 Å². The molecule has 4 nitrogen and oxygen atoms in total.